The van der Waals surface area contributed by atoms with Crippen molar-refractivity contribution in [3.63, 3.8) is 0 Å². The summed E-state index contributed by atoms with van der Waals surface area (Å²) in [7, 11) is 0. The lowest BCUT2D eigenvalue weighted by Crippen LogP contribution is -2.32. The molecular formula is C16H28N2O. The number of rotatable bonds is 0. The summed E-state index contributed by atoms with van der Waals surface area (Å²) in [5, 5.41) is 4.58. The van der Waals surface area contributed by atoms with Crippen LogP contribution in [0.25, 0.3) is 0 Å². The van der Waals surface area contributed by atoms with Gasteiger partial charge in [-0.2, -0.15) is 5.10 Å². The SMILES string of the molecule is CC(C)(C)C(=O)n1nc(C(C)(C)C)cc1C(C)(C)C. The molecule has 1 aromatic heterocycles. The van der Waals surface area contributed by atoms with E-state index in [1.165, 1.54) is 0 Å². The van der Waals surface area contributed by atoms with Crippen molar-refractivity contribution >= 4 is 5.91 Å². The standard InChI is InChI=1S/C16H28N2O/c1-14(2,3)11-10-12(15(4,5)6)18(17-11)13(19)16(7,8)9/h10H,1-9H3. The van der Waals surface area contributed by atoms with E-state index in [0.717, 1.165) is 11.4 Å². The zero-order valence-corrected chi connectivity index (χ0v) is 13.9. The normalized spacial score (nSPS) is 13.7. The maximum atomic E-state index is 12.6. The molecule has 3 nitrogen and oxygen atoms in total. The third-order valence-corrected chi connectivity index (χ3v) is 3.08. The first-order valence-electron chi connectivity index (χ1n) is 6.90. The third kappa shape index (κ3) is 3.46. The Labute approximate surface area is 117 Å². The van der Waals surface area contributed by atoms with Gasteiger partial charge in [0.05, 0.1) is 11.4 Å². The summed E-state index contributed by atoms with van der Waals surface area (Å²) in [4.78, 5) is 12.6. The van der Waals surface area contributed by atoms with E-state index in [1.807, 2.05) is 20.8 Å². The summed E-state index contributed by atoms with van der Waals surface area (Å²) >= 11 is 0. The minimum absolute atomic E-state index is 0.0490. The van der Waals surface area contributed by atoms with Crippen LogP contribution >= 0.6 is 0 Å². The van der Waals surface area contributed by atoms with Crippen LogP contribution in [0, 0.1) is 5.41 Å². The van der Waals surface area contributed by atoms with E-state index >= 15 is 0 Å². The molecule has 0 aromatic carbocycles. The van der Waals surface area contributed by atoms with Gasteiger partial charge in [0, 0.05) is 16.2 Å². The van der Waals surface area contributed by atoms with Gasteiger partial charge in [0.1, 0.15) is 0 Å². The highest BCUT2D eigenvalue weighted by molar-refractivity contribution is 5.84. The molecule has 0 unspecified atom stereocenters. The Morgan fingerprint density at radius 3 is 1.74 bits per heavy atom. The molecule has 0 saturated heterocycles. The van der Waals surface area contributed by atoms with E-state index in [9.17, 15) is 4.79 Å². The Morgan fingerprint density at radius 1 is 0.947 bits per heavy atom. The Morgan fingerprint density at radius 2 is 1.42 bits per heavy atom. The summed E-state index contributed by atoms with van der Waals surface area (Å²) in [5.41, 5.74) is 1.37. The molecule has 0 amide bonds. The van der Waals surface area contributed by atoms with Crippen LogP contribution in [0.2, 0.25) is 0 Å². The number of carbonyl (C=O) groups is 1. The summed E-state index contributed by atoms with van der Waals surface area (Å²) in [6, 6.07) is 2.07. The molecule has 0 spiro atoms. The number of hydrogen-bond donors (Lipinski definition) is 0. The predicted octanol–water partition coefficient (Wildman–Crippen LogP) is 4.16. The minimum Gasteiger partial charge on any atom is -0.272 e. The Bertz CT molecular complexity index is 476. The maximum Gasteiger partial charge on any atom is 0.252 e. The van der Waals surface area contributed by atoms with E-state index in [4.69, 9.17) is 0 Å². The van der Waals surface area contributed by atoms with Crippen LogP contribution in [-0.4, -0.2) is 15.7 Å². The fourth-order valence-electron chi connectivity index (χ4n) is 1.75. The summed E-state index contributed by atoms with van der Waals surface area (Å²) in [5.74, 6) is 0.0490. The molecule has 0 N–H and O–H groups in total. The topological polar surface area (TPSA) is 34.9 Å². The molecule has 1 rings (SSSR count). The summed E-state index contributed by atoms with van der Waals surface area (Å²) < 4.78 is 1.61. The number of hydrogen-bond acceptors (Lipinski definition) is 2. The van der Waals surface area contributed by atoms with Gasteiger partial charge in [-0.15, -0.1) is 0 Å². The Balaban J connectivity index is 3.46. The first-order chi connectivity index (χ1) is 8.24. The van der Waals surface area contributed by atoms with E-state index in [1.54, 1.807) is 4.68 Å². The number of carbonyl (C=O) groups excluding carboxylic acids is 1. The molecule has 0 saturated carbocycles. The molecule has 0 aliphatic rings. The highest BCUT2D eigenvalue weighted by Gasteiger charge is 2.32. The molecule has 19 heavy (non-hydrogen) atoms. The molecule has 0 aliphatic heterocycles. The second-order valence-corrected chi connectivity index (χ2v) is 8.38. The van der Waals surface area contributed by atoms with Crippen LogP contribution in [0.3, 0.4) is 0 Å². The third-order valence-electron chi connectivity index (χ3n) is 3.08. The van der Waals surface area contributed by atoms with Crippen LogP contribution in [0.15, 0.2) is 6.07 Å². The van der Waals surface area contributed by atoms with Crippen LogP contribution < -0.4 is 0 Å². The molecule has 0 fully saturated rings. The molecular weight excluding hydrogens is 236 g/mol. The lowest BCUT2D eigenvalue weighted by Gasteiger charge is -2.23. The van der Waals surface area contributed by atoms with Gasteiger partial charge in [-0.05, 0) is 6.07 Å². The van der Waals surface area contributed by atoms with Gasteiger partial charge >= 0.3 is 0 Å². The van der Waals surface area contributed by atoms with E-state index < -0.39 is 5.41 Å². The van der Waals surface area contributed by atoms with E-state index in [2.05, 4.69) is 52.7 Å². The average molecular weight is 264 g/mol. The molecule has 1 aromatic rings. The second kappa shape index (κ2) is 4.46. The minimum atomic E-state index is -0.429. The van der Waals surface area contributed by atoms with E-state index in [-0.39, 0.29) is 16.7 Å². The van der Waals surface area contributed by atoms with Gasteiger partial charge in [-0.1, -0.05) is 62.3 Å². The van der Waals surface area contributed by atoms with Crippen molar-refractivity contribution in [2.24, 2.45) is 5.41 Å². The molecule has 0 aliphatic carbocycles. The van der Waals surface area contributed by atoms with Crippen LogP contribution in [0.5, 0.6) is 0 Å². The highest BCUT2D eigenvalue weighted by Crippen LogP contribution is 2.30. The first-order valence-corrected chi connectivity index (χ1v) is 6.90. The fraction of sp³-hybridized carbons (Fsp3) is 0.750. The van der Waals surface area contributed by atoms with Gasteiger partial charge < -0.3 is 0 Å². The Hall–Kier alpha value is -1.12. The van der Waals surface area contributed by atoms with Crippen molar-refractivity contribution in [3.8, 4) is 0 Å². The quantitative estimate of drug-likeness (QED) is 0.705. The zero-order chi connectivity index (χ0) is 15.2. The lowest BCUT2D eigenvalue weighted by molar-refractivity contribution is 0.0739. The van der Waals surface area contributed by atoms with Crippen LogP contribution in [0.1, 0.15) is 78.5 Å². The highest BCUT2D eigenvalue weighted by atomic mass is 16.2. The second-order valence-electron chi connectivity index (χ2n) is 8.38. The van der Waals surface area contributed by atoms with Crippen molar-refractivity contribution in [1.82, 2.24) is 9.78 Å². The summed E-state index contributed by atoms with van der Waals surface area (Å²) in [6.45, 7) is 18.5. The van der Waals surface area contributed by atoms with Gasteiger partial charge in [0.2, 0.25) is 0 Å². The molecule has 1 heterocycles. The molecule has 0 bridgehead atoms. The molecule has 0 radical (unpaired) electrons. The monoisotopic (exact) mass is 264 g/mol. The smallest absolute Gasteiger partial charge is 0.252 e. The van der Waals surface area contributed by atoms with Gasteiger partial charge in [-0.3, -0.25) is 4.79 Å². The molecule has 0 atom stereocenters. The van der Waals surface area contributed by atoms with E-state index in [0.29, 0.717) is 0 Å². The molecule has 3 heteroatoms. The van der Waals surface area contributed by atoms with Crippen molar-refractivity contribution in [3.05, 3.63) is 17.5 Å². The average Bonchev–Trinajstić information content (AvgIpc) is 2.57. The largest absolute Gasteiger partial charge is 0.272 e. The van der Waals surface area contributed by atoms with Gasteiger partial charge in [0.15, 0.2) is 0 Å². The number of nitrogens with zero attached hydrogens (tertiary/aromatic N) is 2. The van der Waals surface area contributed by atoms with Crippen molar-refractivity contribution < 1.29 is 4.79 Å². The number of aromatic nitrogens is 2. The lowest BCUT2D eigenvalue weighted by atomic mass is 9.87. The van der Waals surface area contributed by atoms with Crippen molar-refractivity contribution in [1.29, 1.82) is 0 Å². The van der Waals surface area contributed by atoms with Crippen LogP contribution in [-0.2, 0) is 10.8 Å². The molecule has 108 valence electrons. The van der Waals surface area contributed by atoms with Crippen LogP contribution in [0.4, 0.5) is 0 Å². The first kappa shape index (κ1) is 15.9. The Kier molecular flexibility index (Phi) is 3.74. The zero-order valence-electron chi connectivity index (χ0n) is 13.9. The van der Waals surface area contributed by atoms with Gasteiger partial charge in [-0.25, -0.2) is 4.68 Å². The maximum absolute atomic E-state index is 12.6. The van der Waals surface area contributed by atoms with Crippen molar-refractivity contribution in [2.75, 3.05) is 0 Å². The summed E-state index contributed by atoms with van der Waals surface area (Å²) in [6.07, 6.45) is 0. The van der Waals surface area contributed by atoms with Gasteiger partial charge in [0.25, 0.3) is 5.91 Å². The predicted molar refractivity (Wildman–Crippen MR) is 79.7 cm³/mol. The fourth-order valence-corrected chi connectivity index (χ4v) is 1.75. The van der Waals surface area contributed by atoms with Crippen molar-refractivity contribution in [2.45, 2.75) is 73.1 Å².